The summed E-state index contributed by atoms with van der Waals surface area (Å²) in [6.07, 6.45) is -0.323. The Bertz CT molecular complexity index is 1250. The third kappa shape index (κ3) is 4.17. The number of hydrogen-bond donors (Lipinski definition) is 1. The van der Waals surface area contributed by atoms with Crippen LogP contribution < -0.4 is 14.4 Å². The number of aliphatic hydroxyl groups is 1. The van der Waals surface area contributed by atoms with Gasteiger partial charge >= 0.3 is 0 Å². The van der Waals surface area contributed by atoms with Crippen LogP contribution in [-0.2, 0) is 10.4 Å². The van der Waals surface area contributed by atoms with E-state index in [0.717, 1.165) is 16.7 Å². The molecule has 0 spiro atoms. The third-order valence-electron chi connectivity index (χ3n) is 6.44. The fourth-order valence-electron chi connectivity index (χ4n) is 4.47. The number of rotatable bonds is 8. The quantitative estimate of drug-likeness (QED) is 0.502. The van der Waals surface area contributed by atoms with Crippen molar-refractivity contribution in [3.63, 3.8) is 0 Å². The fourth-order valence-corrected chi connectivity index (χ4v) is 4.47. The summed E-state index contributed by atoms with van der Waals surface area (Å²) in [6, 6.07) is 18.1. The molecule has 1 N–H and O–H groups in total. The number of para-hydroxylation sites is 3. The SMILES string of the molecule is COc1ccccc1OCCN1C(=O)C(O)(CC(=O)c2cc(C)c(C)cc2C)c2ccccc21. The first kappa shape index (κ1) is 23.5. The second kappa shape index (κ2) is 9.31. The number of hydrogen-bond acceptors (Lipinski definition) is 5. The average Bonchev–Trinajstić information content (AvgIpc) is 3.03. The molecule has 1 heterocycles. The topological polar surface area (TPSA) is 76.1 Å². The van der Waals surface area contributed by atoms with Crippen LogP contribution in [0, 0.1) is 20.8 Å². The number of ether oxygens (including phenoxy) is 2. The number of benzene rings is 3. The highest BCUT2D eigenvalue weighted by Gasteiger charge is 2.50. The Morgan fingerprint density at radius 1 is 0.941 bits per heavy atom. The monoisotopic (exact) mass is 459 g/mol. The molecule has 176 valence electrons. The Morgan fingerprint density at radius 3 is 2.32 bits per heavy atom. The largest absolute Gasteiger partial charge is 0.493 e. The molecule has 6 nitrogen and oxygen atoms in total. The lowest BCUT2D eigenvalue weighted by Crippen LogP contribution is -2.43. The summed E-state index contributed by atoms with van der Waals surface area (Å²) in [7, 11) is 1.57. The number of carbonyl (C=O) groups is 2. The predicted molar refractivity (Wildman–Crippen MR) is 131 cm³/mol. The van der Waals surface area contributed by atoms with Gasteiger partial charge in [0.05, 0.1) is 25.8 Å². The molecule has 1 aliphatic heterocycles. The van der Waals surface area contributed by atoms with Crippen molar-refractivity contribution in [2.75, 3.05) is 25.2 Å². The molecule has 0 saturated carbocycles. The molecule has 4 rings (SSSR count). The molecule has 1 unspecified atom stereocenters. The van der Waals surface area contributed by atoms with Gasteiger partial charge in [0.2, 0.25) is 0 Å². The maximum atomic E-state index is 13.5. The molecule has 0 radical (unpaired) electrons. The van der Waals surface area contributed by atoms with Crippen molar-refractivity contribution in [1.29, 1.82) is 0 Å². The van der Waals surface area contributed by atoms with Crippen LogP contribution in [0.2, 0.25) is 0 Å². The third-order valence-corrected chi connectivity index (χ3v) is 6.44. The van der Waals surface area contributed by atoms with Crippen molar-refractivity contribution in [3.05, 3.63) is 88.5 Å². The number of carbonyl (C=O) groups excluding carboxylic acids is 2. The molecule has 1 amide bonds. The van der Waals surface area contributed by atoms with Gasteiger partial charge in [0.25, 0.3) is 5.91 Å². The van der Waals surface area contributed by atoms with E-state index in [2.05, 4.69) is 0 Å². The number of Topliss-reactive ketones (excluding diaryl/α,β-unsaturated/α-hetero) is 1. The van der Waals surface area contributed by atoms with Crippen molar-refractivity contribution >= 4 is 17.4 Å². The first-order valence-electron chi connectivity index (χ1n) is 11.3. The minimum Gasteiger partial charge on any atom is -0.493 e. The Hall–Kier alpha value is -3.64. The molecular weight excluding hydrogens is 430 g/mol. The van der Waals surface area contributed by atoms with Crippen molar-refractivity contribution in [1.82, 2.24) is 0 Å². The summed E-state index contributed by atoms with van der Waals surface area (Å²) in [5, 5.41) is 11.6. The maximum absolute atomic E-state index is 13.5. The minimum absolute atomic E-state index is 0.195. The Kier molecular flexibility index (Phi) is 6.44. The van der Waals surface area contributed by atoms with Gasteiger partial charge in [-0.3, -0.25) is 9.59 Å². The second-order valence-corrected chi connectivity index (χ2v) is 8.68. The predicted octanol–water partition coefficient (Wildman–Crippen LogP) is 4.51. The van der Waals surface area contributed by atoms with Gasteiger partial charge in [0.15, 0.2) is 22.9 Å². The zero-order chi connectivity index (χ0) is 24.5. The molecule has 3 aromatic rings. The number of ketones is 1. The summed E-state index contributed by atoms with van der Waals surface area (Å²) >= 11 is 0. The van der Waals surface area contributed by atoms with Gasteiger partial charge in [-0.05, 0) is 61.7 Å². The van der Waals surface area contributed by atoms with Gasteiger partial charge in [0, 0.05) is 11.1 Å². The summed E-state index contributed by atoms with van der Waals surface area (Å²) in [5.74, 6) is 0.382. The second-order valence-electron chi connectivity index (χ2n) is 8.68. The Labute approximate surface area is 199 Å². The smallest absolute Gasteiger partial charge is 0.264 e. The van der Waals surface area contributed by atoms with E-state index in [4.69, 9.17) is 9.47 Å². The molecule has 34 heavy (non-hydrogen) atoms. The number of methoxy groups -OCH3 is 1. The van der Waals surface area contributed by atoms with Gasteiger partial charge in [-0.25, -0.2) is 0 Å². The molecule has 0 aliphatic carbocycles. The van der Waals surface area contributed by atoms with Crippen molar-refractivity contribution in [2.45, 2.75) is 32.8 Å². The molecule has 1 aliphatic rings. The summed E-state index contributed by atoms with van der Waals surface area (Å²) < 4.78 is 11.2. The number of aryl methyl sites for hydroxylation is 3. The first-order chi connectivity index (χ1) is 16.3. The van der Waals surface area contributed by atoms with E-state index >= 15 is 0 Å². The van der Waals surface area contributed by atoms with Crippen LogP contribution in [-0.4, -0.2) is 37.1 Å². The summed E-state index contributed by atoms with van der Waals surface area (Å²) in [5.41, 5.74) is 2.54. The van der Waals surface area contributed by atoms with Crippen molar-refractivity contribution in [3.8, 4) is 11.5 Å². The fraction of sp³-hybridized carbons (Fsp3) is 0.286. The molecular formula is C28H29NO5. The Balaban J connectivity index is 1.57. The average molecular weight is 460 g/mol. The number of fused-ring (bicyclic) bond motifs is 1. The highest BCUT2D eigenvalue weighted by atomic mass is 16.5. The van der Waals surface area contributed by atoms with E-state index in [-0.39, 0.29) is 25.4 Å². The molecule has 0 aromatic heterocycles. The van der Waals surface area contributed by atoms with E-state index < -0.39 is 11.5 Å². The van der Waals surface area contributed by atoms with Crippen LogP contribution in [0.5, 0.6) is 11.5 Å². The molecule has 0 saturated heterocycles. The number of anilines is 1. The van der Waals surface area contributed by atoms with Crippen molar-refractivity contribution < 1.29 is 24.2 Å². The molecule has 0 bridgehead atoms. The van der Waals surface area contributed by atoms with Gasteiger partial charge in [0.1, 0.15) is 6.61 Å². The van der Waals surface area contributed by atoms with E-state index in [1.807, 2.05) is 45.0 Å². The van der Waals surface area contributed by atoms with E-state index in [1.165, 1.54) is 4.90 Å². The zero-order valence-corrected chi connectivity index (χ0v) is 19.9. The lowest BCUT2D eigenvalue weighted by Gasteiger charge is -2.23. The van der Waals surface area contributed by atoms with E-state index in [0.29, 0.717) is 28.3 Å². The highest BCUT2D eigenvalue weighted by Crippen LogP contribution is 2.43. The molecule has 6 heteroatoms. The van der Waals surface area contributed by atoms with Crippen LogP contribution in [0.1, 0.15) is 39.0 Å². The molecule has 0 fully saturated rings. The minimum atomic E-state index is -1.93. The zero-order valence-electron chi connectivity index (χ0n) is 19.9. The highest BCUT2D eigenvalue weighted by molar-refractivity contribution is 6.11. The first-order valence-corrected chi connectivity index (χ1v) is 11.3. The Morgan fingerprint density at radius 2 is 1.59 bits per heavy atom. The van der Waals surface area contributed by atoms with Gasteiger partial charge in [-0.1, -0.05) is 36.4 Å². The van der Waals surface area contributed by atoms with E-state index in [1.54, 1.807) is 43.5 Å². The van der Waals surface area contributed by atoms with Crippen LogP contribution in [0.15, 0.2) is 60.7 Å². The lowest BCUT2D eigenvalue weighted by molar-refractivity contribution is -0.135. The van der Waals surface area contributed by atoms with Crippen LogP contribution in [0.4, 0.5) is 5.69 Å². The lowest BCUT2D eigenvalue weighted by atomic mass is 9.86. The van der Waals surface area contributed by atoms with Crippen LogP contribution in [0.25, 0.3) is 0 Å². The van der Waals surface area contributed by atoms with Crippen LogP contribution in [0.3, 0.4) is 0 Å². The van der Waals surface area contributed by atoms with Gasteiger partial charge in [-0.2, -0.15) is 0 Å². The number of amides is 1. The molecule has 1 atom stereocenters. The van der Waals surface area contributed by atoms with Crippen LogP contribution >= 0.6 is 0 Å². The van der Waals surface area contributed by atoms with Crippen molar-refractivity contribution in [2.24, 2.45) is 0 Å². The van der Waals surface area contributed by atoms with Gasteiger partial charge in [-0.15, -0.1) is 0 Å². The summed E-state index contributed by atoms with van der Waals surface area (Å²) in [4.78, 5) is 28.2. The van der Waals surface area contributed by atoms with Gasteiger partial charge < -0.3 is 19.5 Å². The number of nitrogens with zero attached hydrogens (tertiary/aromatic N) is 1. The summed E-state index contributed by atoms with van der Waals surface area (Å²) in [6.45, 7) is 6.22. The standard InChI is InChI=1S/C28H29NO5/c1-18-15-20(3)21(16-19(18)2)24(30)17-28(32)22-9-5-6-10-23(22)29(27(28)31)13-14-34-26-12-8-7-11-25(26)33-4/h5-12,15-16,32H,13-14,17H2,1-4H3. The maximum Gasteiger partial charge on any atom is 0.264 e. The normalized spacial score (nSPS) is 17.0. The molecule has 3 aromatic carbocycles. The van der Waals surface area contributed by atoms with E-state index in [9.17, 15) is 14.7 Å².